The number of furan rings is 1. The van der Waals surface area contributed by atoms with Crippen LogP contribution in [0.4, 0.5) is 0 Å². The summed E-state index contributed by atoms with van der Waals surface area (Å²) in [6.45, 7) is 0. The van der Waals surface area contributed by atoms with Crippen molar-refractivity contribution in [3.8, 4) is 0 Å². The van der Waals surface area contributed by atoms with E-state index in [9.17, 15) is 0 Å². The second kappa shape index (κ2) is 3.90. The number of aromatic nitrogens is 1. The molecule has 2 N–H and O–H groups in total. The molecule has 2 aromatic rings. The highest BCUT2D eigenvalue weighted by atomic mass is 35.5. The number of H-pyrrole nitrogens is 1. The fourth-order valence-electron chi connectivity index (χ4n) is 1.51. The van der Waals surface area contributed by atoms with Crippen molar-refractivity contribution >= 4 is 11.6 Å². The molecule has 0 saturated heterocycles. The number of nitrogens with one attached hydrogen (secondary N) is 2. The maximum atomic E-state index is 5.91. The van der Waals surface area contributed by atoms with E-state index in [2.05, 4.69) is 10.3 Å². The number of hydrogen-bond donors (Lipinski definition) is 2. The molecule has 2 heterocycles. The van der Waals surface area contributed by atoms with E-state index in [1.807, 2.05) is 31.4 Å². The predicted octanol–water partition coefficient (Wildman–Crippen LogP) is 2.57. The first kappa shape index (κ1) is 9.37. The zero-order chi connectivity index (χ0) is 9.97. The molecule has 0 bridgehead atoms. The lowest BCUT2D eigenvalue weighted by atomic mass is 10.1. The SMILES string of the molecule is CNC(c1ccc[nH]1)c1ccoc1Cl. The third kappa shape index (κ3) is 1.56. The van der Waals surface area contributed by atoms with Gasteiger partial charge in [0.1, 0.15) is 0 Å². The Balaban J connectivity index is 2.36. The minimum Gasteiger partial charge on any atom is -0.453 e. The van der Waals surface area contributed by atoms with Gasteiger partial charge < -0.3 is 14.7 Å². The molecule has 0 fully saturated rings. The maximum Gasteiger partial charge on any atom is 0.198 e. The number of halogens is 1. The number of aromatic amines is 1. The Kier molecular flexibility index (Phi) is 2.61. The Hall–Kier alpha value is -1.19. The molecule has 2 aromatic heterocycles. The van der Waals surface area contributed by atoms with Crippen molar-refractivity contribution in [2.45, 2.75) is 6.04 Å². The molecule has 1 unspecified atom stereocenters. The smallest absolute Gasteiger partial charge is 0.198 e. The minimum atomic E-state index is 0.0521. The van der Waals surface area contributed by atoms with Gasteiger partial charge in [-0.3, -0.25) is 0 Å². The van der Waals surface area contributed by atoms with Crippen LogP contribution in [-0.2, 0) is 0 Å². The van der Waals surface area contributed by atoms with E-state index in [0.29, 0.717) is 5.22 Å². The Morgan fingerprint density at radius 2 is 2.36 bits per heavy atom. The monoisotopic (exact) mass is 210 g/mol. The topological polar surface area (TPSA) is 41.0 Å². The van der Waals surface area contributed by atoms with E-state index in [-0.39, 0.29) is 6.04 Å². The Morgan fingerprint density at radius 1 is 1.50 bits per heavy atom. The molecule has 2 rings (SSSR count). The second-order valence-electron chi connectivity index (χ2n) is 3.00. The van der Waals surface area contributed by atoms with Gasteiger partial charge in [-0.25, -0.2) is 0 Å². The summed E-state index contributed by atoms with van der Waals surface area (Å²) in [6.07, 6.45) is 3.47. The summed E-state index contributed by atoms with van der Waals surface area (Å²) in [5.41, 5.74) is 2.01. The molecule has 1 atom stereocenters. The van der Waals surface area contributed by atoms with Gasteiger partial charge in [-0.15, -0.1) is 0 Å². The first-order valence-electron chi connectivity index (χ1n) is 4.36. The van der Waals surface area contributed by atoms with Gasteiger partial charge in [-0.2, -0.15) is 0 Å². The van der Waals surface area contributed by atoms with Crippen LogP contribution < -0.4 is 5.32 Å². The first-order chi connectivity index (χ1) is 6.83. The summed E-state index contributed by atoms with van der Waals surface area (Å²) in [5.74, 6) is 0. The van der Waals surface area contributed by atoms with Gasteiger partial charge in [0, 0.05) is 17.5 Å². The lowest BCUT2D eigenvalue weighted by molar-refractivity contribution is 0.558. The number of hydrogen-bond acceptors (Lipinski definition) is 2. The highest BCUT2D eigenvalue weighted by molar-refractivity contribution is 6.29. The summed E-state index contributed by atoms with van der Waals surface area (Å²) in [5, 5.41) is 3.60. The zero-order valence-electron chi connectivity index (χ0n) is 7.75. The standard InChI is InChI=1S/C10H11ClN2O/c1-12-9(8-3-2-5-13-8)7-4-6-14-10(7)11/h2-6,9,12-13H,1H3. The molecule has 0 amide bonds. The van der Waals surface area contributed by atoms with Gasteiger partial charge in [0.25, 0.3) is 0 Å². The van der Waals surface area contributed by atoms with Crippen molar-refractivity contribution < 1.29 is 4.42 Å². The van der Waals surface area contributed by atoms with Crippen molar-refractivity contribution in [1.82, 2.24) is 10.3 Å². The second-order valence-corrected chi connectivity index (χ2v) is 3.34. The molecule has 74 valence electrons. The Labute approximate surface area is 87.1 Å². The lowest BCUT2D eigenvalue weighted by Gasteiger charge is -2.12. The summed E-state index contributed by atoms with van der Waals surface area (Å²) < 4.78 is 5.06. The minimum absolute atomic E-state index is 0.0521. The molecular weight excluding hydrogens is 200 g/mol. The molecule has 0 aromatic carbocycles. The van der Waals surface area contributed by atoms with Crippen LogP contribution in [0.3, 0.4) is 0 Å². The molecule has 0 saturated carbocycles. The molecule has 4 heteroatoms. The summed E-state index contributed by atoms with van der Waals surface area (Å²) in [7, 11) is 1.88. The van der Waals surface area contributed by atoms with E-state index in [4.69, 9.17) is 16.0 Å². The average Bonchev–Trinajstić information content (AvgIpc) is 2.80. The summed E-state index contributed by atoms with van der Waals surface area (Å²) >= 11 is 5.91. The lowest BCUT2D eigenvalue weighted by Crippen LogP contribution is -2.17. The third-order valence-electron chi connectivity index (χ3n) is 2.18. The molecule has 0 radical (unpaired) electrons. The summed E-state index contributed by atoms with van der Waals surface area (Å²) in [6, 6.07) is 5.87. The van der Waals surface area contributed by atoms with E-state index in [1.165, 1.54) is 0 Å². The highest BCUT2D eigenvalue weighted by Gasteiger charge is 2.17. The molecule has 0 aliphatic carbocycles. The van der Waals surface area contributed by atoms with E-state index >= 15 is 0 Å². The molecule has 0 spiro atoms. The fourth-order valence-corrected chi connectivity index (χ4v) is 1.74. The zero-order valence-corrected chi connectivity index (χ0v) is 8.51. The van der Waals surface area contributed by atoms with Crippen LogP contribution in [0.25, 0.3) is 0 Å². The van der Waals surface area contributed by atoms with Crippen LogP contribution in [0.5, 0.6) is 0 Å². The van der Waals surface area contributed by atoms with Gasteiger partial charge in [0.15, 0.2) is 5.22 Å². The quantitative estimate of drug-likeness (QED) is 0.818. The van der Waals surface area contributed by atoms with Crippen LogP contribution in [0.15, 0.2) is 35.1 Å². The van der Waals surface area contributed by atoms with E-state index in [0.717, 1.165) is 11.3 Å². The Bertz CT molecular complexity index is 394. The van der Waals surface area contributed by atoms with E-state index in [1.54, 1.807) is 6.26 Å². The first-order valence-corrected chi connectivity index (χ1v) is 4.74. The number of rotatable bonds is 3. The van der Waals surface area contributed by atoms with Crippen LogP contribution in [-0.4, -0.2) is 12.0 Å². The van der Waals surface area contributed by atoms with Crippen molar-refractivity contribution in [1.29, 1.82) is 0 Å². The molecule has 0 aliphatic rings. The van der Waals surface area contributed by atoms with Crippen molar-refractivity contribution in [3.63, 3.8) is 0 Å². The van der Waals surface area contributed by atoms with Crippen LogP contribution in [0.1, 0.15) is 17.3 Å². The van der Waals surface area contributed by atoms with Gasteiger partial charge in [0.2, 0.25) is 0 Å². The van der Waals surface area contributed by atoms with Gasteiger partial charge in [-0.1, -0.05) is 0 Å². The van der Waals surface area contributed by atoms with Crippen LogP contribution in [0, 0.1) is 0 Å². The van der Waals surface area contributed by atoms with Gasteiger partial charge >= 0.3 is 0 Å². The van der Waals surface area contributed by atoms with E-state index < -0.39 is 0 Å². The largest absolute Gasteiger partial charge is 0.453 e. The summed E-state index contributed by atoms with van der Waals surface area (Å²) in [4.78, 5) is 3.14. The highest BCUT2D eigenvalue weighted by Crippen LogP contribution is 2.27. The fraction of sp³-hybridized carbons (Fsp3) is 0.200. The Morgan fingerprint density at radius 3 is 2.86 bits per heavy atom. The molecular formula is C10H11ClN2O. The molecule has 14 heavy (non-hydrogen) atoms. The van der Waals surface area contributed by atoms with Gasteiger partial charge in [-0.05, 0) is 36.8 Å². The maximum absolute atomic E-state index is 5.91. The van der Waals surface area contributed by atoms with Crippen molar-refractivity contribution in [2.24, 2.45) is 0 Å². The predicted molar refractivity (Wildman–Crippen MR) is 55.4 cm³/mol. The van der Waals surface area contributed by atoms with Crippen LogP contribution >= 0.6 is 11.6 Å². The average molecular weight is 211 g/mol. The third-order valence-corrected chi connectivity index (χ3v) is 2.49. The normalized spacial score (nSPS) is 13.0. The van der Waals surface area contributed by atoms with Gasteiger partial charge in [0.05, 0.1) is 12.3 Å². The van der Waals surface area contributed by atoms with Crippen molar-refractivity contribution in [2.75, 3.05) is 7.05 Å². The molecule has 3 nitrogen and oxygen atoms in total. The van der Waals surface area contributed by atoms with Crippen molar-refractivity contribution in [3.05, 3.63) is 47.1 Å². The molecule has 0 aliphatic heterocycles. The van der Waals surface area contributed by atoms with Crippen LogP contribution in [0.2, 0.25) is 5.22 Å².